The lowest BCUT2D eigenvalue weighted by Crippen LogP contribution is -2.31. The standard InChI is InChI=1S/C21H19N3O3/c1-2-27-21(26)18(19(22)25)20-23-16(14-9-5-3-6-10-14)13-17(24-20)15-11-7-4-8-12-15/h3-13,18H,2H2,1H3,(H2,22,25)/t18-/m0/s1. The summed E-state index contributed by atoms with van der Waals surface area (Å²) in [7, 11) is 0. The van der Waals surface area contributed by atoms with Gasteiger partial charge in [-0.05, 0) is 13.0 Å². The van der Waals surface area contributed by atoms with Crippen LogP contribution in [-0.4, -0.2) is 28.5 Å². The van der Waals surface area contributed by atoms with Gasteiger partial charge < -0.3 is 10.5 Å². The third-order valence-corrected chi connectivity index (χ3v) is 3.95. The minimum atomic E-state index is -1.36. The number of primary amides is 1. The third kappa shape index (κ3) is 4.17. The molecule has 6 nitrogen and oxygen atoms in total. The molecule has 6 heteroatoms. The highest BCUT2D eigenvalue weighted by molar-refractivity contribution is 6.02. The number of carbonyl (C=O) groups excluding carboxylic acids is 2. The number of hydrogen-bond acceptors (Lipinski definition) is 5. The molecule has 0 fully saturated rings. The van der Waals surface area contributed by atoms with Crippen LogP contribution in [0.2, 0.25) is 0 Å². The molecule has 1 aromatic heterocycles. The fraction of sp³-hybridized carbons (Fsp3) is 0.143. The Kier molecular flexibility index (Phi) is 5.56. The summed E-state index contributed by atoms with van der Waals surface area (Å²) in [6.45, 7) is 1.79. The molecule has 1 heterocycles. The largest absolute Gasteiger partial charge is 0.465 e. The lowest BCUT2D eigenvalue weighted by Gasteiger charge is -2.14. The van der Waals surface area contributed by atoms with Crippen molar-refractivity contribution in [3.05, 3.63) is 72.6 Å². The van der Waals surface area contributed by atoms with E-state index < -0.39 is 17.8 Å². The summed E-state index contributed by atoms with van der Waals surface area (Å²) in [5, 5.41) is 0. The first kappa shape index (κ1) is 18.3. The van der Waals surface area contributed by atoms with Gasteiger partial charge in [-0.15, -0.1) is 0 Å². The number of aromatic nitrogens is 2. The average Bonchev–Trinajstić information content (AvgIpc) is 2.69. The smallest absolute Gasteiger partial charge is 0.326 e. The van der Waals surface area contributed by atoms with Crippen LogP contribution in [0.5, 0.6) is 0 Å². The Hall–Kier alpha value is -3.54. The van der Waals surface area contributed by atoms with Crippen LogP contribution < -0.4 is 5.73 Å². The second kappa shape index (κ2) is 8.23. The molecule has 3 aromatic rings. The van der Waals surface area contributed by atoms with Gasteiger partial charge in [0, 0.05) is 11.1 Å². The number of ether oxygens (including phenoxy) is 1. The molecule has 0 aliphatic rings. The molecule has 2 N–H and O–H groups in total. The Morgan fingerprint density at radius 3 is 1.81 bits per heavy atom. The number of rotatable bonds is 6. The number of benzene rings is 2. The Labute approximate surface area is 157 Å². The molecule has 0 unspecified atom stereocenters. The van der Waals surface area contributed by atoms with Gasteiger partial charge in [0.2, 0.25) is 5.91 Å². The summed E-state index contributed by atoms with van der Waals surface area (Å²) in [4.78, 5) is 33.1. The summed E-state index contributed by atoms with van der Waals surface area (Å²) >= 11 is 0. The van der Waals surface area contributed by atoms with Crippen LogP contribution in [-0.2, 0) is 14.3 Å². The zero-order valence-corrected chi connectivity index (χ0v) is 14.8. The van der Waals surface area contributed by atoms with Crippen LogP contribution in [0.25, 0.3) is 22.5 Å². The van der Waals surface area contributed by atoms with Gasteiger partial charge in [-0.25, -0.2) is 9.97 Å². The van der Waals surface area contributed by atoms with Gasteiger partial charge >= 0.3 is 5.97 Å². The lowest BCUT2D eigenvalue weighted by molar-refractivity contribution is -0.147. The lowest BCUT2D eigenvalue weighted by atomic mass is 10.0. The Morgan fingerprint density at radius 2 is 1.41 bits per heavy atom. The summed E-state index contributed by atoms with van der Waals surface area (Å²) in [6, 6.07) is 20.7. The summed E-state index contributed by atoms with van der Waals surface area (Å²) < 4.78 is 4.99. The molecule has 0 spiro atoms. The van der Waals surface area contributed by atoms with E-state index in [1.165, 1.54) is 0 Å². The molecule has 0 aliphatic carbocycles. The monoisotopic (exact) mass is 361 g/mol. The number of nitrogens with zero attached hydrogens (tertiary/aromatic N) is 2. The molecule has 1 atom stereocenters. The molecule has 0 saturated heterocycles. The van der Waals surface area contributed by atoms with Crippen molar-refractivity contribution in [3.8, 4) is 22.5 Å². The van der Waals surface area contributed by atoms with Crippen molar-refractivity contribution in [2.45, 2.75) is 12.8 Å². The first-order chi connectivity index (χ1) is 13.1. The van der Waals surface area contributed by atoms with Crippen LogP contribution >= 0.6 is 0 Å². The van der Waals surface area contributed by atoms with Gasteiger partial charge in [0.1, 0.15) is 0 Å². The van der Waals surface area contributed by atoms with Gasteiger partial charge in [0.05, 0.1) is 18.0 Å². The fourth-order valence-electron chi connectivity index (χ4n) is 2.68. The fourth-order valence-corrected chi connectivity index (χ4v) is 2.68. The maximum absolute atomic E-state index is 12.3. The van der Waals surface area contributed by atoms with Crippen molar-refractivity contribution in [2.75, 3.05) is 6.61 Å². The number of carbonyl (C=O) groups is 2. The topological polar surface area (TPSA) is 95.2 Å². The van der Waals surface area contributed by atoms with Crippen LogP contribution in [0.1, 0.15) is 18.7 Å². The maximum atomic E-state index is 12.3. The van der Waals surface area contributed by atoms with E-state index in [1.54, 1.807) is 6.92 Å². The van der Waals surface area contributed by atoms with E-state index in [-0.39, 0.29) is 12.4 Å². The Morgan fingerprint density at radius 1 is 0.926 bits per heavy atom. The SMILES string of the molecule is CCOC(=O)[C@@H](C(N)=O)c1nc(-c2ccccc2)cc(-c2ccccc2)n1. The van der Waals surface area contributed by atoms with E-state index in [0.717, 1.165) is 11.1 Å². The molecule has 0 radical (unpaired) electrons. The molecule has 1 amide bonds. The summed E-state index contributed by atoms with van der Waals surface area (Å²) in [5.74, 6) is -2.94. The molecule has 0 saturated carbocycles. The zero-order chi connectivity index (χ0) is 19.2. The number of nitrogens with two attached hydrogens (primary N) is 1. The number of amides is 1. The van der Waals surface area contributed by atoms with Crippen LogP contribution in [0.3, 0.4) is 0 Å². The van der Waals surface area contributed by atoms with Crippen molar-refractivity contribution < 1.29 is 14.3 Å². The quantitative estimate of drug-likeness (QED) is 0.538. The maximum Gasteiger partial charge on any atom is 0.326 e. The van der Waals surface area contributed by atoms with Crippen LogP contribution in [0, 0.1) is 0 Å². The minimum Gasteiger partial charge on any atom is -0.465 e. The van der Waals surface area contributed by atoms with Gasteiger partial charge in [0.25, 0.3) is 0 Å². The second-order valence-corrected chi connectivity index (χ2v) is 5.82. The Balaban J connectivity index is 2.18. The van der Waals surface area contributed by atoms with Crippen molar-refractivity contribution in [2.24, 2.45) is 5.73 Å². The predicted molar refractivity (Wildman–Crippen MR) is 101 cm³/mol. The highest BCUT2D eigenvalue weighted by atomic mass is 16.5. The second-order valence-electron chi connectivity index (χ2n) is 5.82. The van der Waals surface area contributed by atoms with Crippen LogP contribution in [0.4, 0.5) is 0 Å². The molecular weight excluding hydrogens is 342 g/mol. The zero-order valence-electron chi connectivity index (χ0n) is 14.8. The van der Waals surface area contributed by atoms with Crippen molar-refractivity contribution in [1.29, 1.82) is 0 Å². The first-order valence-electron chi connectivity index (χ1n) is 8.56. The van der Waals surface area contributed by atoms with Crippen molar-refractivity contribution >= 4 is 11.9 Å². The molecule has 2 aromatic carbocycles. The molecule has 3 rings (SSSR count). The number of esters is 1. The van der Waals surface area contributed by atoms with Crippen molar-refractivity contribution in [3.63, 3.8) is 0 Å². The van der Waals surface area contributed by atoms with E-state index >= 15 is 0 Å². The predicted octanol–water partition coefficient (Wildman–Crippen LogP) is 2.94. The van der Waals surface area contributed by atoms with E-state index in [1.807, 2.05) is 66.7 Å². The van der Waals surface area contributed by atoms with Crippen molar-refractivity contribution in [1.82, 2.24) is 9.97 Å². The summed E-state index contributed by atoms with van der Waals surface area (Å²) in [6.07, 6.45) is 0. The van der Waals surface area contributed by atoms with Crippen LogP contribution in [0.15, 0.2) is 66.7 Å². The minimum absolute atomic E-state index is 0.0288. The number of hydrogen-bond donors (Lipinski definition) is 1. The van der Waals surface area contributed by atoms with E-state index in [2.05, 4.69) is 9.97 Å². The third-order valence-electron chi connectivity index (χ3n) is 3.95. The molecule has 27 heavy (non-hydrogen) atoms. The van der Waals surface area contributed by atoms with Gasteiger partial charge in [-0.2, -0.15) is 0 Å². The van der Waals surface area contributed by atoms with Gasteiger partial charge in [-0.1, -0.05) is 60.7 Å². The highest BCUT2D eigenvalue weighted by Gasteiger charge is 2.31. The van der Waals surface area contributed by atoms with Gasteiger partial charge in [-0.3, -0.25) is 9.59 Å². The van der Waals surface area contributed by atoms with E-state index in [0.29, 0.717) is 11.4 Å². The summed E-state index contributed by atoms with van der Waals surface area (Å²) in [5.41, 5.74) is 8.32. The average molecular weight is 361 g/mol. The van der Waals surface area contributed by atoms with E-state index in [9.17, 15) is 9.59 Å². The normalized spacial score (nSPS) is 11.6. The molecular formula is C21H19N3O3. The molecule has 0 aliphatic heterocycles. The Bertz CT molecular complexity index is 886. The molecule has 0 bridgehead atoms. The van der Waals surface area contributed by atoms with E-state index in [4.69, 9.17) is 10.5 Å². The highest BCUT2D eigenvalue weighted by Crippen LogP contribution is 2.26. The van der Waals surface area contributed by atoms with Gasteiger partial charge in [0.15, 0.2) is 11.7 Å². The molecule has 136 valence electrons. The first-order valence-corrected chi connectivity index (χ1v) is 8.56.